The zero-order valence-electron chi connectivity index (χ0n) is 11.2. The fraction of sp³-hybridized carbons (Fsp3) is 0.625. The van der Waals surface area contributed by atoms with Crippen LogP contribution < -0.4 is 4.74 Å². The van der Waals surface area contributed by atoms with Gasteiger partial charge < -0.3 is 9.47 Å². The fourth-order valence-electron chi connectivity index (χ4n) is 3.32. The largest absolute Gasteiger partial charge is 0.490 e. The minimum atomic E-state index is 0.195. The van der Waals surface area contributed by atoms with Crippen molar-refractivity contribution in [1.29, 1.82) is 0 Å². The van der Waals surface area contributed by atoms with Gasteiger partial charge in [0.25, 0.3) is 0 Å². The molecule has 1 spiro atoms. The summed E-state index contributed by atoms with van der Waals surface area (Å²) in [6.45, 7) is 0.671. The molecular weight excluding hydrogens is 304 g/mol. The highest BCUT2D eigenvalue weighted by Crippen LogP contribution is 2.42. The van der Waals surface area contributed by atoms with Gasteiger partial charge in [0.2, 0.25) is 0 Å². The second-order valence-electron chi connectivity index (χ2n) is 5.76. The van der Waals surface area contributed by atoms with Gasteiger partial charge in [-0.3, -0.25) is 0 Å². The Kier molecular flexibility index (Phi) is 4.13. The van der Waals surface area contributed by atoms with Crippen LogP contribution in [-0.4, -0.2) is 18.3 Å². The van der Waals surface area contributed by atoms with Crippen LogP contribution in [-0.2, 0) is 4.74 Å². The van der Waals surface area contributed by atoms with Crippen LogP contribution in [0.5, 0.6) is 5.75 Å². The van der Waals surface area contributed by atoms with Crippen molar-refractivity contribution >= 4 is 15.9 Å². The van der Waals surface area contributed by atoms with Gasteiger partial charge in [-0.2, -0.15) is 0 Å². The van der Waals surface area contributed by atoms with E-state index in [9.17, 15) is 0 Å². The summed E-state index contributed by atoms with van der Waals surface area (Å²) in [5.74, 6) is 0.913. The van der Waals surface area contributed by atoms with Gasteiger partial charge in [-0.25, -0.2) is 0 Å². The molecule has 1 aromatic rings. The third-order valence-corrected chi connectivity index (χ3v) is 5.02. The van der Waals surface area contributed by atoms with Crippen molar-refractivity contribution < 1.29 is 9.47 Å². The van der Waals surface area contributed by atoms with Crippen molar-refractivity contribution in [2.24, 2.45) is 0 Å². The first-order valence-electron chi connectivity index (χ1n) is 7.33. The summed E-state index contributed by atoms with van der Waals surface area (Å²) in [6.07, 6.45) is 9.17. The van der Waals surface area contributed by atoms with Crippen molar-refractivity contribution in [3.05, 3.63) is 28.7 Å². The van der Waals surface area contributed by atoms with Crippen molar-refractivity contribution in [3.63, 3.8) is 0 Å². The lowest BCUT2D eigenvalue weighted by Gasteiger charge is -2.33. The van der Waals surface area contributed by atoms with Crippen molar-refractivity contribution in [2.75, 3.05) is 6.61 Å². The average molecular weight is 325 g/mol. The molecule has 0 N–H and O–H groups in total. The molecule has 1 atom stereocenters. The maximum atomic E-state index is 6.31. The summed E-state index contributed by atoms with van der Waals surface area (Å²) in [5, 5.41) is 0. The highest BCUT2D eigenvalue weighted by atomic mass is 79.9. The SMILES string of the molecule is Brc1ccccc1OCC1CCC2(CCCCC2)O1. The molecule has 2 nitrogen and oxygen atoms in total. The number of rotatable bonds is 3. The van der Waals surface area contributed by atoms with Crippen molar-refractivity contribution in [1.82, 2.24) is 0 Å². The molecule has 0 aromatic heterocycles. The van der Waals surface area contributed by atoms with Crippen LogP contribution in [0.1, 0.15) is 44.9 Å². The van der Waals surface area contributed by atoms with E-state index in [1.54, 1.807) is 0 Å². The molecule has 1 heterocycles. The van der Waals surface area contributed by atoms with Crippen molar-refractivity contribution in [3.8, 4) is 5.75 Å². The molecule has 0 amide bonds. The highest BCUT2D eigenvalue weighted by molar-refractivity contribution is 9.10. The zero-order valence-corrected chi connectivity index (χ0v) is 12.8. The summed E-state index contributed by atoms with van der Waals surface area (Å²) in [4.78, 5) is 0. The summed E-state index contributed by atoms with van der Waals surface area (Å²) in [5.41, 5.74) is 0.195. The standard InChI is InChI=1S/C16H21BrO2/c17-14-6-2-3-7-15(14)18-12-13-8-11-16(19-13)9-4-1-5-10-16/h2-3,6-7,13H,1,4-5,8-12H2. The van der Waals surface area contributed by atoms with Crippen LogP contribution in [0.3, 0.4) is 0 Å². The molecule has 1 aromatic carbocycles. The predicted molar refractivity (Wildman–Crippen MR) is 79.6 cm³/mol. The second-order valence-corrected chi connectivity index (χ2v) is 6.62. The summed E-state index contributed by atoms with van der Waals surface area (Å²) >= 11 is 3.51. The Bertz CT molecular complexity index is 427. The zero-order chi connectivity index (χ0) is 13.1. The van der Waals surface area contributed by atoms with E-state index >= 15 is 0 Å². The van der Waals surface area contributed by atoms with Crippen LogP contribution in [0.2, 0.25) is 0 Å². The van der Waals surface area contributed by atoms with E-state index in [0.717, 1.165) is 16.6 Å². The monoisotopic (exact) mass is 324 g/mol. The molecular formula is C16H21BrO2. The Hall–Kier alpha value is -0.540. The Labute approximate surface area is 123 Å². The normalized spacial score (nSPS) is 25.6. The van der Waals surface area contributed by atoms with Crippen molar-refractivity contribution in [2.45, 2.75) is 56.7 Å². The third-order valence-electron chi connectivity index (χ3n) is 4.36. The third kappa shape index (κ3) is 3.14. The molecule has 2 fully saturated rings. The maximum absolute atomic E-state index is 6.31. The minimum absolute atomic E-state index is 0.195. The molecule has 104 valence electrons. The van der Waals surface area contributed by atoms with E-state index in [4.69, 9.17) is 9.47 Å². The van der Waals surface area contributed by atoms with E-state index in [-0.39, 0.29) is 11.7 Å². The van der Waals surface area contributed by atoms with E-state index in [1.807, 2.05) is 24.3 Å². The first-order chi connectivity index (χ1) is 9.27. The maximum Gasteiger partial charge on any atom is 0.133 e. The Morgan fingerprint density at radius 2 is 1.95 bits per heavy atom. The Balaban J connectivity index is 1.53. The van der Waals surface area contributed by atoms with Gasteiger partial charge in [-0.1, -0.05) is 31.4 Å². The van der Waals surface area contributed by atoms with E-state index in [0.29, 0.717) is 6.61 Å². The number of hydrogen-bond acceptors (Lipinski definition) is 2. The molecule has 1 saturated heterocycles. The number of halogens is 1. The van der Waals surface area contributed by atoms with Crippen LogP contribution >= 0.6 is 15.9 Å². The van der Waals surface area contributed by atoms with Gasteiger partial charge in [-0.15, -0.1) is 0 Å². The van der Waals surface area contributed by atoms with Gasteiger partial charge in [0, 0.05) is 0 Å². The predicted octanol–water partition coefficient (Wildman–Crippen LogP) is 4.71. The molecule has 19 heavy (non-hydrogen) atoms. The fourth-order valence-corrected chi connectivity index (χ4v) is 3.72. The first-order valence-corrected chi connectivity index (χ1v) is 8.12. The van der Waals surface area contributed by atoms with Gasteiger partial charge in [0.1, 0.15) is 12.4 Å². The highest BCUT2D eigenvalue weighted by Gasteiger charge is 2.40. The van der Waals surface area contributed by atoms with Gasteiger partial charge in [0.05, 0.1) is 16.2 Å². The number of para-hydroxylation sites is 1. The molecule has 3 rings (SSSR count). The molecule has 1 aliphatic heterocycles. The molecule has 0 bridgehead atoms. The molecule has 1 unspecified atom stereocenters. The second kappa shape index (κ2) is 5.84. The van der Waals surface area contributed by atoms with Crippen LogP contribution in [0, 0.1) is 0 Å². The Morgan fingerprint density at radius 1 is 1.16 bits per heavy atom. The molecule has 1 aliphatic carbocycles. The summed E-state index contributed by atoms with van der Waals surface area (Å²) < 4.78 is 13.2. The number of benzene rings is 1. The molecule has 2 aliphatic rings. The lowest BCUT2D eigenvalue weighted by Crippen LogP contribution is -2.32. The van der Waals surface area contributed by atoms with E-state index in [2.05, 4.69) is 15.9 Å². The summed E-state index contributed by atoms with van der Waals surface area (Å²) in [6, 6.07) is 8.00. The molecule has 1 saturated carbocycles. The van der Waals surface area contributed by atoms with E-state index < -0.39 is 0 Å². The number of ether oxygens (including phenoxy) is 2. The minimum Gasteiger partial charge on any atom is -0.490 e. The quantitative estimate of drug-likeness (QED) is 0.801. The lowest BCUT2D eigenvalue weighted by molar-refractivity contribution is -0.0749. The Morgan fingerprint density at radius 3 is 2.74 bits per heavy atom. The molecule has 0 radical (unpaired) electrons. The van der Waals surface area contributed by atoms with Gasteiger partial charge in [0.15, 0.2) is 0 Å². The smallest absolute Gasteiger partial charge is 0.133 e. The summed E-state index contributed by atoms with van der Waals surface area (Å²) in [7, 11) is 0. The van der Waals surface area contributed by atoms with Gasteiger partial charge in [-0.05, 0) is 53.7 Å². The van der Waals surface area contributed by atoms with Crippen LogP contribution in [0.15, 0.2) is 28.7 Å². The lowest BCUT2D eigenvalue weighted by atomic mass is 9.83. The average Bonchev–Trinajstić information content (AvgIpc) is 2.82. The molecule has 3 heteroatoms. The first kappa shape index (κ1) is 13.4. The van der Waals surface area contributed by atoms with Gasteiger partial charge >= 0.3 is 0 Å². The van der Waals surface area contributed by atoms with Crippen LogP contribution in [0.25, 0.3) is 0 Å². The van der Waals surface area contributed by atoms with E-state index in [1.165, 1.54) is 38.5 Å². The topological polar surface area (TPSA) is 18.5 Å². The number of hydrogen-bond donors (Lipinski definition) is 0. The van der Waals surface area contributed by atoms with Crippen LogP contribution in [0.4, 0.5) is 0 Å².